The second-order valence-corrected chi connectivity index (χ2v) is 8.82. The number of guanidine groups is 1. The van der Waals surface area contributed by atoms with Crippen molar-refractivity contribution in [3.8, 4) is 0 Å². The van der Waals surface area contributed by atoms with E-state index >= 15 is 0 Å². The van der Waals surface area contributed by atoms with E-state index in [0.717, 1.165) is 32.0 Å². The second-order valence-electron chi connectivity index (χ2n) is 6.71. The summed E-state index contributed by atoms with van der Waals surface area (Å²) in [7, 11) is -3.30. The molecule has 152 valence electrons. The molecule has 0 aromatic heterocycles. The first kappa shape index (κ1) is 22.7. The molecule has 7 heteroatoms. The second kappa shape index (κ2) is 10.8. The minimum absolute atomic E-state index is 0. The molecule has 0 amide bonds. The number of nitrogens with zero attached hydrogens (tertiary/aromatic N) is 2. The van der Waals surface area contributed by atoms with Gasteiger partial charge < -0.3 is 10.2 Å². The van der Waals surface area contributed by atoms with Gasteiger partial charge in [0.15, 0.2) is 15.8 Å². The summed E-state index contributed by atoms with van der Waals surface area (Å²) in [6.45, 7) is 4.88. The van der Waals surface area contributed by atoms with Crippen LogP contribution in [0.4, 0.5) is 0 Å². The third-order valence-corrected chi connectivity index (χ3v) is 6.53. The molecule has 28 heavy (non-hydrogen) atoms. The summed E-state index contributed by atoms with van der Waals surface area (Å²) in [5.41, 5.74) is 1.35. The summed E-state index contributed by atoms with van der Waals surface area (Å²) in [5, 5.41) is 3.30. The van der Waals surface area contributed by atoms with Crippen molar-refractivity contribution in [1.82, 2.24) is 10.2 Å². The Balaban J connectivity index is 0.00000280. The fourth-order valence-electron chi connectivity index (χ4n) is 3.39. The zero-order valence-corrected chi connectivity index (χ0v) is 19.3. The van der Waals surface area contributed by atoms with Gasteiger partial charge in [-0.2, -0.15) is 0 Å². The van der Waals surface area contributed by atoms with Crippen molar-refractivity contribution in [2.24, 2.45) is 4.99 Å². The van der Waals surface area contributed by atoms with E-state index < -0.39 is 9.84 Å². The molecule has 0 radical (unpaired) electrons. The normalized spacial score (nSPS) is 17.2. The zero-order chi connectivity index (χ0) is 19.1. The molecule has 0 spiro atoms. The molecule has 1 saturated heterocycles. The van der Waals surface area contributed by atoms with Gasteiger partial charge in [0.25, 0.3) is 0 Å². The first-order valence-electron chi connectivity index (χ1n) is 9.46. The van der Waals surface area contributed by atoms with E-state index in [9.17, 15) is 8.42 Å². The maximum Gasteiger partial charge on any atom is 0.193 e. The quantitative estimate of drug-likeness (QED) is 0.365. The Labute approximate surface area is 185 Å². The summed E-state index contributed by atoms with van der Waals surface area (Å²) >= 11 is 0. The van der Waals surface area contributed by atoms with Crippen molar-refractivity contribution in [3.63, 3.8) is 0 Å². The molecule has 1 atom stereocenters. The van der Waals surface area contributed by atoms with Crippen LogP contribution in [0.15, 0.2) is 70.6 Å². The number of benzene rings is 2. The van der Waals surface area contributed by atoms with Crippen LogP contribution in [0.3, 0.4) is 0 Å². The number of likely N-dealkylation sites (tertiary alicyclic amines) is 1. The van der Waals surface area contributed by atoms with Gasteiger partial charge in [0.1, 0.15) is 0 Å². The summed E-state index contributed by atoms with van der Waals surface area (Å²) < 4.78 is 24.9. The van der Waals surface area contributed by atoms with Crippen LogP contribution in [0, 0.1) is 0 Å². The van der Waals surface area contributed by atoms with Crippen LogP contribution in [0.1, 0.15) is 24.8 Å². The lowest BCUT2D eigenvalue weighted by atomic mass is 9.99. The lowest BCUT2D eigenvalue weighted by molar-refractivity contribution is 0.487. The highest BCUT2D eigenvalue weighted by molar-refractivity contribution is 14.0. The Morgan fingerprint density at radius 1 is 1.11 bits per heavy atom. The molecule has 2 aromatic rings. The van der Waals surface area contributed by atoms with Gasteiger partial charge in [0.05, 0.1) is 17.2 Å². The Kier molecular flexibility index (Phi) is 8.75. The Hall–Kier alpha value is -1.61. The van der Waals surface area contributed by atoms with Gasteiger partial charge in [-0.05, 0) is 31.0 Å². The average molecular weight is 513 g/mol. The Bertz CT molecular complexity index is 858. The molecule has 2 aromatic carbocycles. The lowest BCUT2D eigenvalue weighted by Gasteiger charge is -2.21. The van der Waals surface area contributed by atoms with Gasteiger partial charge >= 0.3 is 0 Å². The third-order valence-electron chi connectivity index (χ3n) is 4.82. The SMILES string of the molecule is CCNC(=NCCS(=O)(=O)c1ccccc1)N1CCC(c2ccccc2)C1.I. The van der Waals surface area contributed by atoms with Gasteiger partial charge in [0, 0.05) is 25.6 Å². The van der Waals surface area contributed by atoms with E-state index in [-0.39, 0.29) is 36.3 Å². The first-order valence-corrected chi connectivity index (χ1v) is 11.1. The van der Waals surface area contributed by atoms with Crippen molar-refractivity contribution in [3.05, 3.63) is 66.2 Å². The molecule has 1 fully saturated rings. The van der Waals surface area contributed by atoms with Gasteiger partial charge in [-0.3, -0.25) is 4.99 Å². The summed E-state index contributed by atoms with van der Waals surface area (Å²) in [6.07, 6.45) is 1.08. The standard InChI is InChI=1S/C21H27N3O2S.HI/c1-2-22-21(23-14-16-27(25,26)20-11-7-4-8-12-20)24-15-13-19(17-24)18-9-5-3-6-10-18;/h3-12,19H,2,13-17H2,1H3,(H,22,23);1H. The van der Waals surface area contributed by atoms with E-state index in [0.29, 0.717) is 10.8 Å². The van der Waals surface area contributed by atoms with Gasteiger partial charge in [-0.1, -0.05) is 48.5 Å². The summed E-state index contributed by atoms with van der Waals surface area (Å²) in [4.78, 5) is 7.18. The van der Waals surface area contributed by atoms with Crippen molar-refractivity contribution < 1.29 is 8.42 Å². The number of hydrogen-bond acceptors (Lipinski definition) is 3. The van der Waals surface area contributed by atoms with Gasteiger partial charge in [-0.15, -0.1) is 24.0 Å². The molecular weight excluding hydrogens is 485 g/mol. The molecule has 1 aliphatic rings. The Morgan fingerprint density at radius 2 is 1.75 bits per heavy atom. The molecule has 1 N–H and O–H groups in total. The van der Waals surface area contributed by atoms with Crippen molar-refractivity contribution in [1.29, 1.82) is 0 Å². The van der Waals surface area contributed by atoms with E-state index in [1.54, 1.807) is 24.3 Å². The van der Waals surface area contributed by atoms with Gasteiger partial charge in [-0.25, -0.2) is 8.42 Å². The minimum atomic E-state index is -3.30. The highest BCUT2D eigenvalue weighted by Crippen LogP contribution is 2.26. The zero-order valence-electron chi connectivity index (χ0n) is 16.1. The van der Waals surface area contributed by atoms with Crippen molar-refractivity contribution in [2.75, 3.05) is 31.9 Å². The minimum Gasteiger partial charge on any atom is -0.357 e. The summed E-state index contributed by atoms with van der Waals surface area (Å²) in [6, 6.07) is 19.1. The van der Waals surface area contributed by atoms with Crippen LogP contribution in [-0.2, 0) is 9.84 Å². The van der Waals surface area contributed by atoms with Crippen LogP contribution >= 0.6 is 24.0 Å². The molecule has 1 aliphatic heterocycles. The molecular formula is C21H28IN3O2S. The fourth-order valence-corrected chi connectivity index (χ4v) is 4.53. The Morgan fingerprint density at radius 3 is 2.39 bits per heavy atom. The molecule has 0 bridgehead atoms. The molecule has 1 heterocycles. The van der Waals surface area contributed by atoms with Crippen LogP contribution in [0.25, 0.3) is 0 Å². The van der Waals surface area contributed by atoms with Crippen molar-refractivity contribution >= 4 is 39.8 Å². The van der Waals surface area contributed by atoms with Crippen LogP contribution < -0.4 is 5.32 Å². The fraction of sp³-hybridized carbons (Fsp3) is 0.381. The third kappa shape index (κ3) is 5.94. The number of rotatable bonds is 6. The molecule has 1 unspecified atom stereocenters. The summed E-state index contributed by atoms with van der Waals surface area (Å²) in [5.74, 6) is 1.31. The van der Waals surface area contributed by atoms with Crippen LogP contribution in [0.5, 0.6) is 0 Å². The highest BCUT2D eigenvalue weighted by atomic mass is 127. The lowest BCUT2D eigenvalue weighted by Crippen LogP contribution is -2.40. The largest absolute Gasteiger partial charge is 0.357 e. The van der Waals surface area contributed by atoms with E-state index in [2.05, 4.69) is 39.5 Å². The molecule has 0 saturated carbocycles. The van der Waals surface area contributed by atoms with Crippen molar-refractivity contribution in [2.45, 2.75) is 24.2 Å². The molecule has 3 rings (SSSR count). The molecule has 0 aliphatic carbocycles. The highest BCUT2D eigenvalue weighted by Gasteiger charge is 2.26. The number of nitrogens with one attached hydrogen (secondary N) is 1. The van der Waals surface area contributed by atoms with Crippen LogP contribution in [-0.4, -0.2) is 51.2 Å². The number of sulfone groups is 1. The predicted octanol–water partition coefficient (Wildman–Crippen LogP) is 3.53. The van der Waals surface area contributed by atoms with Gasteiger partial charge in [0.2, 0.25) is 0 Å². The maximum absolute atomic E-state index is 12.4. The average Bonchev–Trinajstić information content (AvgIpc) is 3.19. The van der Waals surface area contributed by atoms with E-state index in [1.807, 2.05) is 19.1 Å². The number of hydrogen-bond donors (Lipinski definition) is 1. The van der Waals surface area contributed by atoms with E-state index in [1.165, 1.54) is 5.56 Å². The molecule has 5 nitrogen and oxygen atoms in total. The predicted molar refractivity (Wildman–Crippen MR) is 125 cm³/mol. The number of halogens is 1. The van der Waals surface area contributed by atoms with Crippen LogP contribution in [0.2, 0.25) is 0 Å². The number of aliphatic imine (C=N–C) groups is 1. The van der Waals surface area contributed by atoms with E-state index in [4.69, 9.17) is 0 Å². The maximum atomic E-state index is 12.4. The first-order chi connectivity index (χ1) is 13.1. The monoisotopic (exact) mass is 513 g/mol. The smallest absolute Gasteiger partial charge is 0.193 e. The topological polar surface area (TPSA) is 61.8 Å².